The number of aryl methyl sites for hydroxylation is 1. The van der Waals surface area contributed by atoms with E-state index in [0.29, 0.717) is 6.42 Å². The zero-order chi connectivity index (χ0) is 8.97. The summed E-state index contributed by atoms with van der Waals surface area (Å²) in [5.74, 6) is 0.230. The molecule has 1 nitrogen and oxygen atoms in total. The molecule has 2 heteroatoms. The lowest BCUT2D eigenvalue weighted by Gasteiger charge is -1.92. The van der Waals surface area contributed by atoms with Crippen LogP contribution in [0.4, 0.5) is 0 Å². The number of allylic oxidation sites excluding steroid dienone is 1. The van der Waals surface area contributed by atoms with Crippen LogP contribution >= 0.6 is 11.3 Å². The van der Waals surface area contributed by atoms with Gasteiger partial charge in [0, 0.05) is 11.3 Å². The van der Waals surface area contributed by atoms with Gasteiger partial charge >= 0.3 is 0 Å². The maximum atomic E-state index is 11.4. The van der Waals surface area contributed by atoms with Crippen LogP contribution in [0.5, 0.6) is 0 Å². The predicted molar refractivity (Wildman–Crippen MR) is 52.8 cm³/mol. The summed E-state index contributed by atoms with van der Waals surface area (Å²) in [5.41, 5.74) is 0. The number of rotatable bonds is 4. The Hall–Kier alpha value is -0.890. The van der Waals surface area contributed by atoms with Crippen molar-refractivity contribution in [3.8, 4) is 0 Å². The SMILES string of the molecule is C=CCCC(=O)c1ccc(C)s1. The molecule has 0 aromatic carbocycles. The molecule has 1 heterocycles. The normalized spacial score (nSPS) is 9.75. The third kappa shape index (κ3) is 2.31. The molecule has 0 atom stereocenters. The van der Waals surface area contributed by atoms with Crippen LogP contribution in [0, 0.1) is 6.92 Å². The molecule has 1 aromatic heterocycles. The molecule has 0 amide bonds. The zero-order valence-electron chi connectivity index (χ0n) is 7.17. The summed E-state index contributed by atoms with van der Waals surface area (Å²) in [6.45, 7) is 5.59. The van der Waals surface area contributed by atoms with E-state index in [-0.39, 0.29) is 5.78 Å². The molecule has 0 saturated heterocycles. The second kappa shape index (κ2) is 4.21. The average molecular weight is 180 g/mol. The number of ketones is 1. The zero-order valence-corrected chi connectivity index (χ0v) is 7.99. The molecule has 0 saturated carbocycles. The average Bonchev–Trinajstić information content (AvgIpc) is 2.47. The van der Waals surface area contributed by atoms with E-state index in [1.165, 1.54) is 4.88 Å². The Morgan fingerprint density at radius 3 is 2.92 bits per heavy atom. The van der Waals surface area contributed by atoms with Gasteiger partial charge < -0.3 is 0 Å². The van der Waals surface area contributed by atoms with Crippen molar-refractivity contribution < 1.29 is 4.79 Å². The summed E-state index contributed by atoms with van der Waals surface area (Å²) in [4.78, 5) is 13.4. The molecule has 0 bridgehead atoms. The maximum Gasteiger partial charge on any atom is 0.173 e. The van der Waals surface area contributed by atoms with Gasteiger partial charge in [-0.3, -0.25) is 4.79 Å². The molecule has 0 aliphatic carbocycles. The molecule has 0 unspecified atom stereocenters. The van der Waals surface area contributed by atoms with Crippen LogP contribution in [0.25, 0.3) is 0 Å². The van der Waals surface area contributed by atoms with E-state index in [0.717, 1.165) is 11.3 Å². The Morgan fingerprint density at radius 1 is 1.67 bits per heavy atom. The number of thiophene rings is 1. The highest BCUT2D eigenvalue weighted by atomic mass is 32.1. The summed E-state index contributed by atoms with van der Waals surface area (Å²) >= 11 is 1.56. The molecule has 0 fully saturated rings. The van der Waals surface area contributed by atoms with Gasteiger partial charge in [0.1, 0.15) is 0 Å². The Morgan fingerprint density at radius 2 is 2.42 bits per heavy atom. The number of hydrogen-bond acceptors (Lipinski definition) is 2. The molecule has 1 rings (SSSR count). The minimum Gasteiger partial charge on any atom is -0.293 e. The van der Waals surface area contributed by atoms with Gasteiger partial charge in [0.25, 0.3) is 0 Å². The fourth-order valence-electron chi connectivity index (χ4n) is 0.941. The molecule has 0 radical (unpaired) electrons. The first-order chi connectivity index (χ1) is 5.74. The quantitative estimate of drug-likeness (QED) is 0.513. The van der Waals surface area contributed by atoms with Gasteiger partial charge in [-0.1, -0.05) is 6.08 Å². The maximum absolute atomic E-state index is 11.4. The first kappa shape index (κ1) is 9.20. The summed E-state index contributed by atoms with van der Waals surface area (Å²) in [6, 6.07) is 3.87. The van der Waals surface area contributed by atoms with Crippen molar-refractivity contribution in [2.45, 2.75) is 19.8 Å². The van der Waals surface area contributed by atoms with Crippen LogP contribution in [0.1, 0.15) is 27.4 Å². The molecular weight excluding hydrogens is 168 g/mol. The highest BCUT2D eigenvalue weighted by Crippen LogP contribution is 2.17. The van der Waals surface area contributed by atoms with Crippen molar-refractivity contribution in [1.29, 1.82) is 0 Å². The Kier molecular flexibility index (Phi) is 3.23. The third-order valence-electron chi connectivity index (χ3n) is 1.59. The molecule has 0 N–H and O–H groups in total. The van der Waals surface area contributed by atoms with Crippen molar-refractivity contribution in [2.75, 3.05) is 0 Å². The lowest BCUT2D eigenvalue weighted by Crippen LogP contribution is -1.93. The monoisotopic (exact) mass is 180 g/mol. The lowest BCUT2D eigenvalue weighted by molar-refractivity contribution is 0.0987. The highest BCUT2D eigenvalue weighted by molar-refractivity contribution is 7.14. The van der Waals surface area contributed by atoms with Gasteiger partial charge in [0.15, 0.2) is 5.78 Å². The molecule has 0 aliphatic heterocycles. The van der Waals surface area contributed by atoms with Gasteiger partial charge in [-0.05, 0) is 25.5 Å². The first-order valence-electron chi connectivity index (χ1n) is 3.94. The summed E-state index contributed by atoms with van der Waals surface area (Å²) < 4.78 is 0. The van der Waals surface area contributed by atoms with Gasteiger partial charge in [0.05, 0.1) is 4.88 Å². The third-order valence-corrected chi connectivity index (χ3v) is 2.63. The lowest BCUT2D eigenvalue weighted by atomic mass is 10.2. The minimum absolute atomic E-state index is 0.230. The van der Waals surface area contributed by atoms with Crippen LogP contribution in [0.15, 0.2) is 24.8 Å². The first-order valence-corrected chi connectivity index (χ1v) is 4.76. The Bertz CT molecular complexity index is 286. The largest absolute Gasteiger partial charge is 0.293 e. The van der Waals surface area contributed by atoms with Gasteiger partial charge in [-0.2, -0.15) is 0 Å². The topological polar surface area (TPSA) is 17.1 Å². The fraction of sp³-hybridized carbons (Fsp3) is 0.300. The summed E-state index contributed by atoms with van der Waals surface area (Å²) in [5, 5.41) is 0. The molecule has 1 aromatic rings. The molecule has 0 spiro atoms. The molecule has 0 aliphatic rings. The van der Waals surface area contributed by atoms with Crippen molar-refractivity contribution in [3.05, 3.63) is 34.5 Å². The van der Waals surface area contributed by atoms with E-state index >= 15 is 0 Å². The van der Waals surface area contributed by atoms with Gasteiger partial charge in [-0.25, -0.2) is 0 Å². The van der Waals surface area contributed by atoms with E-state index < -0.39 is 0 Å². The summed E-state index contributed by atoms with van der Waals surface area (Å²) in [7, 11) is 0. The molecular formula is C10H12OS. The summed E-state index contributed by atoms with van der Waals surface area (Å²) in [6.07, 6.45) is 3.14. The Balaban J connectivity index is 2.59. The molecule has 64 valence electrons. The van der Waals surface area contributed by atoms with Crippen molar-refractivity contribution in [2.24, 2.45) is 0 Å². The van der Waals surface area contributed by atoms with E-state index in [9.17, 15) is 4.79 Å². The number of carbonyl (C=O) groups excluding carboxylic acids is 1. The second-order valence-electron chi connectivity index (χ2n) is 2.66. The second-order valence-corrected chi connectivity index (χ2v) is 3.95. The van der Waals surface area contributed by atoms with Gasteiger partial charge in [-0.15, -0.1) is 17.9 Å². The van der Waals surface area contributed by atoms with Crippen LogP contribution in [0.2, 0.25) is 0 Å². The minimum atomic E-state index is 0.230. The van der Waals surface area contributed by atoms with E-state index in [2.05, 4.69) is 6.58 Å². The standard InChI is InChI=1S/C10H12OS/c1-3-4-5-9(11)10-7-6-8(2)12-10/h3,6-7H,1,4-5H2,2H3. The number of hydrogen-bond donors (Lipinski definition) is 0. The van der Waals surface area contributed by atoms with Crippen LogP contribution in [0.3, 0.4) is 0 Å². The van der Waals surface area contributed by atoms with Crippen LogP contribution in [-0.2, 0) is 0 Å². The van der Waals surface area contributed by atoms with E-state index in [1.54, 1.807) is 17.4 Å². The van der Waals surface area contributed by atoms with E-state index in [1.807, 2.05) is 19.1 Å². The van der Waals surface area contributed by atoms with Crippen molar-refractivity contribution >= 4 is 17.1 Å². The van der Waals surface area contributed by atoms with Gasteiger partial charge in [0.2, 0.25) is 0 Å². The van der Waals surface area contributed by atoms with Crippen molar-refractivity contribution in [3.63, 3.8) is 0 Å². The highest BCUT2D eigenvalue weighted by Gasteiger charge is 2.05. The number of Topliss-reactive ketones (excluding diaryl/α,β-unsaturated/α-hetero) is 1. The van der Waals surface area contributed by atoms with E-state index in [4.69, 9.17) is 0 Å². The predicted octanol–water partition coefficient (Wildman–Crippen LogP) is 3.21. The smallest absolute Gasteiger partial charge is 0.173 e. The van der Waals surface area contributed by atoms with Crippen LogP contribution in [-0.4, -0.2) is 5.78 Å². The number of carbonyl (C=O) groups is 1. The Labute approximate surface area is 76.7 Å². The van der Waals surface area contributed by atoms with Crippen LogP contribution < -0.4 is 0 Å². The fourth-order valence-corrected chi connectivity index (χ4v) is 1.78. The van der Waals surface area contributed by atoms with Crippen molar-refractivity contribution in [1.82, 2.24) is 0 Å². The molecule has 12 heavy (non-hydrogen) atoms.